The number of hydrogen-bond donors (Lipinski definition) is 1. The van der Waals surface area contributed by atoms with Gasteiger partial charge in [-0.25, -0.2) is 18.6 Å². The number of nitrogens with one attached hydrogen (secondary N) is 1. The Hall–Kier alpha value is -3.50. The van der Waals surface area contributed by atoms with Gasteiger partial charge in [-0.05, 0) is 51.1 Å². The number of benzene rings is 2. The van der Waals surface area contributed by atoms with Gasteiger partial charge in [-0.3, -0.25) is 9.36 Å². The van der Waals surface area contributed by atoms with E-state index in [1.165, 1.54) is 12.1 Å². The molecule has 1 amide bonds. The van der Waals surface area contributed by atoms with E-state index in [1.54, 1.807) is 20.8 Å². The summed E-state index contributed by atoms with van der Waals surface area (Å²) in [5, 5.41) is 1.99. The average Bonchev–Trinajstić information content (AvgIpc) is 2.65. The van der Waals surface area contributed by atoms with Crippen LogP contribution in [0.2, 0.25) is 0 Å². The first-order valence-electron chi connectivity index (χ1n) is 9.81. The van der Waals surface area contributed by atoms with Gasteiger partial charge in [0.25, 0.3) is 5.56 Å². The van der Waals surface area contributed by atoms with Crippen molar-refractivity contribution in [3.8, 4) is 5.69 Å². The molecule has 33 heavy (non-hydrogen) atoms. The summed E-state index contributed by atoms with van der Waals surface area (Å²) in [6, 6.07) is 5.27. The van der Waals surface area contributed by atoms with Crippen LogP contribution in [0.3, 0.4) is 0 Å². The topological polar surface area (TPSA) is 73.2 Å². The van der Waals surface area contributed by atoms with Crippen molar-refractivity contribution in [3.05, 3.63) is 69.8 Å². The number of halogens is 5. The fourth-order valence-corrected chi connectivity index (χ4v) is 3.13. The zero-order valence-corrected chi connectivity index (χ0v) is 17.9. The molecular weight excluding hydrogens is 449 g/mol. The molecule has 0 saturated heterocycles. The van der Waals surface area contributed by atoms with Crippen molar-refractivity contribution in [3.63, 3.8) is 0 Å². The fourth-order valence-electron chi connectivity index (χ4n) is 3.13. The number of carbonyl (C=O) groups excluding carboxylic acids is 1. The second-order valence-corrected chi connectivity index (χ2v) is 8.18. The summed E-state index contributed by atoms with van der Waals surface area (Å²) in [6.45, 7) is 4.87. The Morgan fingerprint density at radius 1 is 1.12 bits per heavy atom. The van der Waals surface area contributed by atoms with E-state index in [9.17, 15) is 31.5 Å². The van der Waals surface area contributed by atoms with Gasteiger partial charge < -0.3 is 10.1 Å². The highest BCUT2D eigenvalue weighted by atomic mass is 19.4. The van der Waals surface area contributed by atoms with Gasteiger partial charge in [0.05, 0.1) is 16.8 Å². The van der Waals surface area contributed by atoms with Crippen molar-refractivity contribution in [2.24, 2.45) is 0 Å². The molecule has 1 aromatic heterocycles. The van der Waals surface area contributed by atoms with E-state index in [1.807, 2.05) is 0 Å². The maximum Gasteiger partial charge on any atom is 0.416 e. The molecule has 0 bridgehead atoms. The zero-order valence-electron chi connectivity index (χ0n) is 17.9. The molecular formula is C22H20F5N3O3. The molecule has 3 aromatic rings. The molecule has 6 nitrogen and oxygen atoms in total. The van der Waals surface area contributed by atoms with Gasteiger partial charge in [-0.2, -0.15) is 13.2 Å². The summed E-state index contributed by atoms with van der Waals surface area (Å²) >= 11 is 0. The summed E-state index contributed by atoms with van der Waals surface area (Å²) in [7, 11) is 0. The highest BCUT2D eigenvalue weighted by Gasteiger charge is 2.32. The fraction of sp³-hybridized carbons (Fsp3) is 0.318. The molecule has 3 rings (SSSR count). The molecule has 0 aliphatic heterocycles. The number of rotatable bonds is 4. The largest absolute Gasteiger partial charge is 0.444 e. The number of alkyl halides is 3. The predicted molar refractivity (Wildman–Crippen MR) is 110 cm³/mol. The molecule has 0 unspecified atom stereocenters. The van der Waals surface area contributed by atoms with Crippen molar-refractivity contribution in [2.75, 3.05) is 6.54 Å². The molecule has 0 saturated carbocycles. The van der Waals surface area contributed by atoms with Crippen LogP contribution in [0.15, 0.2) is 41.2 Å². The second kappa shape index (κ2) is 8.80. The van der Waals surface area contributed by atoms with E-state index < -0.39 is 51.7 Å². The van der Waals surface area contributed by atoms with Crippen LogP contribution in [0.25, 0.3) is 16.6 Å². The van der Waals surface area contributed by atoms with Crippen LogP contribution in [-0.4, -0.2) is 27.8 Å². The Labute approximate surface area is 185 Å². The summed E-state index contributed by atoms with van der Waals surface area (Å²) in [4.78, 5) is 29.2. The third-order valence-electron chi connectivity index (χ3n) is 4.40. The maximum absolute atomic E-state index is 14.4. The molecule has 0 radical (unpaired) electrons. The SMILES string of the molecule is CC(C)(C)OC(=O)NCCc1nc2cccc(F)c2c(=O)n1-c1cc(F)cc(C(F)(F)F)c1. The average molecular weight is 469 g/mol. The van der Waals surface area contributed by atoms with Crippen LogP contribution in [0, 0.1) is 11.6 Å². The van der Waals surface area contributed by atoms with Gasteiger partial charge in [-0.1, -0.05) is 6.07 Å². The molecule has 0 aliphatic rings. The first-order chi connectivity index (χ1) is 15.3. The minimum absolute atomic E-state index is 0.0315. The standard InChI is InChI=1S/C22H20F5N3O3/c1-21(2,3)33-20(32)28-8-7-17-29-16-6-4-5-15(24)18(16)19(31)30(17)14-10-12(22(25,26)27)9-13(23)11-14/h4-6,9-11H,7-8H2,1-3H3,(H,28,32). The number of ether oxygens (including phenoxy) is 1. The molecule has 0 atom stereocenters. The second-order valence-electron chi connectivity index (χ2n) is 8.18. The monoisotopic (exact) mass is 469 g/mol. The summed E-state index contributed by atoms with van der Waals surface area (Å²) in [6.07, 6.45) is -5.78. The molecule has 1 N–H and O–H groups in total. The van der Waals surface area contributed by atoms with Crippen LogP contribution in [0.5, 0.6) is 0 Å². The third kappa shape index (κ3) is 5.65. The summed E-state index contributed by atoms with van der Waals surface area (Å²) < 4.78 is 73.9. The van der Waals surface area contributed by atoms with E-state index >= 15 is 0 Å². The van der Waals surface area contributed by atoms with Crippen molar-refractivity contribution >= 4 is 17.0 Å². The van der Waals surface area contributed by atoms with Gasteiger partial charge >= 0.3 is 12.3 Å². The molecule has 1 heterocycles. The highest BCUT2D eigenvalue weighted by Crippen LogP contribution is 2.31. The van der Waals surface area contributed by atoms with Crippen LogP contribution in [-0.2, 0) is 17.3 Å². The lowest BCUT2D eigenvalue weighted by molar-refractivity contribution is -0.137. The number of amides is 1. The Morgan fingerprint density at radius 3 is 2.45 bits per heavy atom. The van der Waals surface area contributed by atoms with E-state index in [-0.39, 0.29) is 30.4 Å². The smallest absolute Gasteiger partial charge is 0.416 e. The van der Waals surface area contributed by atoms with Gasteiger partial charge in [0.15, 0.2) is 0 Å². The Bertz CT molecular complexity index is 1260. The zero-order chi connectivity index (χ0) is 24.6. The number of nitrogens with zero attached hydrogens (tertiary/aromatic N) is 2. The van der Waals surface area contributed by atoms with E-state index in [0.29, 0.717) is 10.6 Å². The lowest BCUT2D eigenvalue weighted by Gasteiger charge is -2.20. The molecule has 0 aliphatic carbocycles. The Morgan fingerprint density at radius 2 is 1.82 bits per heavy atom. The number of fused-ring (bicyclic) bond motifs is 1. The highest BCUT2D eigenvalue weighted by molar-refractivity contribution is 5.78. The molecule has 0 fully saturated rings. The lowest BCUT2D eigenvalue weighted by atomic mass is 10.1. The normalized spacial score (nSPS) is 12.1. The minimum atomic E-state index is -4.88. The lowest BCUT2D eigenvalue weighted by Crippen LogP contribution is -2.34. The minimum Gasteiger partial charge on any atom is -0.444 e. The van der Waals surface area contributed by atoms with Gasteiger partial charge in [-0.15, -0.1) is 0 Å². The van der Waals surface area contributed by atoms with Crippen molar-refractivity contribution < 1.29 is 31.5 Å². The van der Waals surface area contributed by atoms with Gasteiger partial charge in [0.1, 0.15) is 28.4 Å². The Kier molecular flexibility index (Phi) is 6.44. The number of carbonyl (C=O) groups is 1. The van der Waals surface area contributed by atoms with Crippen molar-refractivity contribution in [1.82, 2.24) is 14.9 Å². The molecule has 11 heteroatoms. The first kappa shape index (κ1) is 24.1. The summed E-state index contributed by atoms with van der Waals surface area (Å²) in [5.41, 5.74) is -3.60. The van der Waals surface area contributed by atoms with E-state index in [4.69, 9.17) is 4.74 Å². The maximum atomic E-state index is 14.4. The summed E-state index contributed by atoms with van der Waals surface area (Å²) in [5.74, 6) is -2.27. The first-order valence-corrected chi connectivity index (χ1v) is 9.81. The predicted octanol–water partition coefficient (Wildman–Crippen LogP) is 4.75. The van der Waals surface area contributed by atoms with Gasteiger partial charge in [0, 0.05) is 13.0 Å². The van der Waals surface area contributed by atoms with Gasteiger partial charge in [0.2, 0.25) is 0 Å². The van der Waals surface area contributed by atoms with Crippen LogP contribution < -0.4 is 10.9 Å². The quantitative estimate of drug-likeness (QED) is 0.560. The number of aromatic nitrogens is 2. The van der Waals surface area contributed by atoms with Crippen LogP contribution in [0.4, 0.5) is 26.7 Å². The van der Waals surface area contributed by atoms with Crippen LogP contribution in [0.1, 0.15) is 32.2 Å². The van der Waals surface area contributed by atoms with Crippen molar-refractivity contribution in [2.45, 2.75) is 39.0 Å². The third-order valence-corrected chi connectivity index (χ3v) is 4.40. The number of alkyl carbamates (subject to hydrolysis) is 1. The molecule has 0 spiro atoms. The number of hydrogen-bond acceptors (Lipinski definition) is 4. The molecule has 2 aromatic carbocycles. The van der Waals surface area contributed by atoms with E-state index in [0.717, 1.165) is 12.1 Å². The Balaban J connectivity index is 2.11. The van der Waals surface area contributed by atoms with Crippen molar-refractivity contribution in [1.29, 1.82) is 0 Å². The van der Waals surface area contributed by atoms with E-state index in [2.05, 4.69) is 10.3 Å². The van der Waals surface area contributed by atoms with Crippen LogP contribution >= 0.6 is 0 Å². The molecule has 176 valence electrons.